The Balaban J connectivity index is 1.30. The molecule has 48 heavy (non-hydrogen) atoms. The number of hydrogen-bond acceptors (Lipinski definition) is 9. The third kappa shape index (κ3) is 5.17. The number of cyclic esters (lactones) is 1. The predicted molar refractivity (Wildman–Crippen MR) is 171 cm³/mol. The van der Waals surface area contributed by atoms with Gasteiger partial charge in [-0.25, -0.2) is 4.68 Å². The van der Waals surface area contributed by atoms with Crippen molar-refractivity contribution < 1.29 is 33.8 Å². The number of amides is 3. The van der Waals surface area contributed by atoms with E-state index in [9.17, 15) is 24.3 Å². The first kappa shape index (κ1) is 31.7. The minimum Gasteiger partial charge on any atom is -0.455 e. The normalized spacial score (nSPS) is 31.5. The summed E-state index contributed by atoms with van der Waals surface area (Å²) in [5.74, 6) is -3.76. The van der Waals surface area contributed by atoms with Crippen LogP contribution in [0.3, 0.4) is 0 Å². The summed E-state index contributed by atoms with van der Waals surface area (Å²) in [6.45, 7) is 1.47. The molecule has 7 atom stereocenters. The van der Waals surface area contributed by atoms with Gasteiger partial charge < -0.3 is 29.3 Å². The van der Waals surface area contributed by atoms with Crippen molar-refractivity contribution in [1.29, 1.82) is 0 Å². The lowest BCUT2D eigenvalue weighted by Gasteiger charge is -2.35. The Morgan fingerprint density at radius 1 is 1.00 bits per heavy atom. The Labute approximate surface area is 277 Å². The number of hydrogen-bond donors (Lipinski definition) is 1. The number of ether oxygens (including phenoxy) is 2. The molecule has 5 bridgehead atoms. The maximum atomic E-state index is 14.7. The number of likely N-dealkylation sites (N-methyl/N-ethyl adjacent to an activating group) is 1. The Morgan fingerprint density at radius 2 is 1.77 bits per heavy atom. The summed E-state index contributed by atoms with van der Waals surface area (Å²) in [5, 5.41) is 18.5. The number of nitrogens with zero attached hydrogens (tertiary/aromatic N) is 6. The van der Waals surface area contributed by atoms with Gasteiger partial charge in [-0.05, 0) is 31.0 Å². The highest BCUT2D eigenvalue weighted by molar-refractivity contribution is 5.99. The van der Waals surface area contributed by atoms with E-state index >= 15 is 0 Å². The molecule has 0 radical (unpaired) electrons. The highest BCUT2D eigenvalue weighted by Gasteiger charge is 2.73. The second kappa shape index (κ2) is 12.6. The number of carbonyl (C=O) groups is 4. The van der Waals surface area contributed by atoms with Crippen molar-refractivity contribution in [2.45, 2.75) is 56.3 Å². The van der Waals surface area contributed by atoms with Crippen molar-refractivity contribution in [3.63, 3.8) is 0 Å². The second-order valence-corrected chi connectivity index (χ2v) is 12.8. The lowest BCUT2D eigenvalue weighted by Crippen LogP contribution is -2.56. The van der Waals surface area contributed by atoms with E-state index in [2.05, 4.69) is 10.3 Å². The average molecular weight is 655 g/mol. The van der Waals surface area contributed by atoms with Crippen molar-refractivity contribution in [1.82, 2.24) is 29.7 Å². The maximum absolute atomic E-state index is 14.7. The van der Waals surface area contributed by atoms with E-state index in [4.69, 9.17) is 9.47 Å². The number of likely N-dealkylation sites (tertiary alicyclic amines) is 1. The third-order valence-electron chi connectivity index (χ3n) is 10.1. The maximum Gasteiger partial charge on any atom is 0.313 e. The average Bonchev–Trinajstić information content (AvgIpc) is 3.85. The largest absolute Gasteiger partial charge is 0.455 e. The fourth-order valence-corrected chi connectivity index (χ4v) is 7.56. The van der Waals surface area contributed by atoms with Gasteiger partial charge in [-0.3, -0.25) is 19.2 Å². The molecule has 13 heteroatoms. The van der Waals surface area contributed by atoms with Crippen LogP contribution in [0.15, 0.2) is 78.9 Å². The molecule has 1 N–H and O–H groups in total. The zero-order valence-corrected chi connectivity index (χ0v) is 26.8. The Kier molecular flexibility index (Phi) is 8.34. The van der Waals surface area contributed by atoms with E-state index in [-0.39, 0.29) is 38.7 Å². The Bertz CT molecular complexity index is 1790. The molecule has 5 heterocycles. The summed E-state index contributed by atoms with van der Waals surface area (Å²) >= 11 is 0. The number of fused-ring (bicyclic) bond motifs is 3. The molecule has 13 nitrogen and oxygen atoms in total. The molecule has 1 aromatic heterocycles. The summed E-state index contributed by atoms with van der Waals surface area (Å²) in [6, 6.07) is 14.9. The molecule has 1 spiro atoms. The second-order valence-electron chi connectivity index (χ2n) is 12.8. The first-order chi connectivity index (χ1) is 23.2. The zero-order valence-electron chi connectivity index (χ0n) is 26.8. The van der Waals surface area contributed by atoms with Crippen molar-refractivity contribution in [3.8, 4) is 0 Å². The van der Waals surface area contributed by atoms with E-state index in [1.54, 1.807) is 33.7 Å². The van der Waals surface area contributed by atoms with Crippen LogP contribution in [-0.2, 0) is 35.3 Å². The molecule has 2 fully saturated rings. The summed E-state index contributed by atoms with van der Waals surface area (Å²) in [4.78, 5) is 61.0. The van der Waals surface area contributed by atoms with Crippen molar-refractivity contribution >= 4 is 34.7 Å². The van der Waals surface area contributed by atoms with Crippen LogP contribution in [0.1, 0.15) is 31.4 Å². The van der Waals surface area contributed by atoms with Crippen LogP contribution >= 0.6 is 0 Å². The van der Waals surface area contributed by atoms with Gasteiger partial charge in [-0.15, -0.1) is 5.10 Å². The summed E-state index contributed by atoms with van der Waals surface area (Å²) in [6.07, 6.45) is 6.12. The van der Waals surface area contributed by atoms with Crippen LogP contribution < -0.4 is 0 Å². The predicted octanol–water partition coefficient (Wildman–Crippen LogP) is 1.84. The van der Waals surface area contributed by atoms with Crippen LogP contribution in [0.2, 0.25) is 0 Å². The summed E-state index contributed by atoms with van der Waals surface area (Å²) in [5.41, 5.74) is 0.642. The molecular weight excluding hydrogens is 616 g/mol. The summed E-state index contributed by atoms with van der Waals surface area (Å²) in [7, 11) is 1.69. The molecule has 250 valence electrons. The minimum atomic E-state index is -1.45. The van der Waals surface area contributed by atoms with Crippen LogP contribution in [0.4, 0.5) is 0 Å². The quantitative estimate of drug-likeness (QED) is 0.322. The number of para-hydroxylation sites is 1. The topological polar surface area (TPSA) is 147 Å². The number of aromatic nitrogens is 3. The molecule has 4 aliphatic heterocycles. The van der Waals surface area contributed by atoms with Crippen LogP contribution in [0.5, 0.6) is 0 Å². The highest BCUT2D eigenvalue weighted by Crippen LogP contribution is 2.56. The molecule has 2 saturated heterocycles. The van der Waals surface area contributed by atoms with Gasteiger partial charge in [0, 0.05) is 26.6 Å². The third-order valence-corrected chi connectivity index (χ3v) is 10.1. The Hall–Kier alpha value is -4.88. The number of β-amino-alcohol motifs (C(OH)–C–C–N with tert-alkyl or cyclic N) is 1. The molecule has 0 aliphatic carbocycles. The van der Waals surface area contributed by atoms with Gasteiger partial charge >= 0.3 is 5.97 Å². The van der Waals surface area contributed by atoms with Gasteiger partial charge in [0.2, 0.25) is 11.8 Å². The fraction of sp³-hybridized carbons (Fsp3) is 0.429. The van der Waals surface area contributed by atoms with E-state index in [1.165, 1.54) is 4.90 Å². The number of benzene rings is 2. The molecule has 2 aromatic carbocycles. The lowest BCUT2D eigenvalue weighted by atomic mass is 9.74. The smallest absolute Gasteiger partial charge is 0.313 e. The van der Waals surface area contributed by atoms with Crippen molar-refractivity contribution in [3.05, 3.63) is 84.5 Å². The molecule has 3 amide bonds. The van der Waals surface area contributed by atoms with Crippen LogP contribution in [-0.4, -0.2) is 109 Å². The van der Waals surface area contributed by atoms with E-state index in [0.29, 0.717) is 17.5 Å². The zero-order chi connectivity index (χ0) is 33.6. The minimum absolute atomic E-state index is 0.0125. The van der Waals surface area contributed by atoms with Gasteiger partial charge in [0.25, 0.3) is 5.91 Å². The molecule has 4 aliphatic rings. The number of rotatable bonds is 5. The molecule has 7 rings (SSSR count). The van der Waals surface area contributed by atoms with Crippen molar-refractivity contribution in [2.24, 2.45) is 11.8 Å². The number of aliphatic hydroxyl groups is 1. The molecule has 0 unspecified atom stereocenters. The first-order valence-corrected chi connectivity index (χ1v) is 16.3. The van der Waals surface area contributed by atoms with Gasteiger partial charge in [0.1, 0.15) is 35.9 Å². The summed E-state index contributed by atoms with van der Waals surface area (Å²) < 4.78 is 14.3. The Morgan fingerprint density at radius 3 is 2.56 bits per heavy atom. The van der Waals surface area contributed by atoms with Crippen LogP contribution in [0.25, 0.3) is 11.0 Å². The monoisotopic (exact) mass is 654 g/mol. The number of esters is 1. The van der Waals surface area contributed by atoms with Gasteiger partial charge in [-0.2, -0.15) is 0 Å². The number of allylic oxidation sites excluding steroid dienone is 1. The van der Waals surface area contributed by atoms with Gasteiger partial charge in [-0.1, -0.05) is 72.0 Å². The van der Waals surface area contributed by atoms with Crippen molar-refractivity contribution in [2.75, 3.05) is 26.7 Å². The number of carbonyl (C=O) groups excluding carboxylic acids is 4. The first-order valence-electron chi connectivity index (χ1n) is 16.3. The number of aliphatic hydroxyl groups excluding tert-OH is 1. The molecule has 0 saturated carbocycles. The SMILES string of the molecule is C[C@H]1[C@H](c2ccccc2)OC(=O)[C@@H]2[C@H]3C(=O)N(CCO)[C@H](C(=O)N(Cn4nnc5ccccc54)C/C=C\CCC(=O)N1C)[C@]31C=C[C@H]2O1. The van der Waals surface area contributed by atoms with E-state index < -0.39 is 59.5 Å². The highest BCUT2D eigenvalue weighted by atomic mass is 16.6. The fourth-order valence-electron chi connectivity index (χ4n) is 7.56. The molecular formula is C35H38N6O7. The van der Waals surface area contributed by atoms with Gasteiger partial charge in [0.05, 0.1) is 30.2 Å². The standard InChI is InChI=1S/C35H38N6O7/c1-22-30(23-11-5-3-6-12-23)47-34(46)28-26-16-17-35(48-26)29(28)32(44)40(19-20-42)31(35)33(45)39(18-10-4-7-15-27(43)38(22)2)21-41-25-14-9-8-13-24(25)36-37-41/h3-6,8-14,16-17,22,26,28-31,42H,7,15,18-21H2,1-2H3/b10-4-/t22-,26+,28-,29-,30+,31+,35-/m0/s1. The van der Waals surface area contributed by atoms with E-state index in [1.807, 2.05) is 73.7 Å². The van der Waals surface area contributed by atoms with Crippen LogP contribution in [0, 0.1) is 11.8 Å². The molecule has 3 aromatic rings. The lowest BCUT2D eigenvalue weighted by molar-refractivity contribution is -0.164. The van der Waals surface area contributed by atoms with Gasteiger partial charge in [0.15, 0.2) is 0 Å². The van der Waals surface area contributed by atoms with E-state index in [0.717, 1.165) is 5.52 Å².